The number of aromatic amines is 1. The van der Waals surface area contributed by atoms with E-state index in [0.29, 0.717) is 53.1 Å². The molecular formula is C22H19Cl2N7O3S. The van der Waals surface area contributed by atoms with E-state index in [4.69, 9.17) is 27.9 Å². The molecule has 3 heterocycles. The first-order valence-corrected chi connectivity index (χ1v) is 12.3. The van der Waals surface area contributed by atoms with E-state index in [9.17, 15) is 9.59 Å². The predicted octanol–water partition coefficient (Wildman–Crippen LogP) is 4.43. The maximum Gasteiger partial charge on any atom is 0.410 e. The molecule has 10 nitrogen and oxygen atoms in total. The Labute approximate surface area is 213 Å². The second-order valence-corrected chi connectivity index (χ2v) is 9.51. The van der Waals surface area contributed by atoms with Gasteiger partial charge in [-0.25, -0.2) is 9.78 Å². The molecule has 2 N–H and O–H groups in total. The van der Waals surface area contributed by atoms with E-state index < -0.39 is 6.09 Å². The number of fused-ring (bicyclic) bond motifs is 1. The minimum absolute atomic E-state index is 0.0911. The number of piperazine rings is 1. The lowest BCUT2D eigenvalue weighted by Gasteiger charge is -2.33. The highest BCUT2D eigenvalue weighted by Crippen LogP contribution is 2.24. The number of benzene rings is 2. The summed E-state index contributed by atoms with van der Waals surface area (Å²) in [6.45, 7) is 2.21. The van der Waals surface area contributed by atoms with Crippen LogP contribution in [0.15, 0.2) is 41.8 Å². The lowest BCUT2D eigenvalue weighted by molar-refractivity contribution is 0.0941. The molecule has 5 rings (SSSR count). The number of anilines is 2. The number of carbonyl (C=O) groups excluding carboxylic acids is 2. The van der Waals surface area contributed by atoms with Gasteiger partial charge in [-0.2, -0.15) is 15.4 Å². The molecule has 0 unspecified atom stereocenters. The summed E-state index contributed by atoms with van der Waals surface area (Å²) in [6, 6.07) is 10.3. The molecule has 0 saturated carbocycles. The van der Waals surface area contributed by atoms with Crippen molar-refractivity contribution in [2.24, 2.45) is 0 Å². The van der Waals surface area contributed by atoms with E-state index in [1.54, 1.807) is 46.7 Å². The number of aromatic nitrogens is 4. The maximum absolute atomic E-state index is 12.6. The molecule has 1 saturated heterocycles. The summed E-state index contributed by atoms with van der Waals surface area (Å²) < 4.78 is 5.41. The third-order valence-corrected chi connectivity index (χ3v) is 6.73. The van der Waals surface area contributed by atoms with Crippen molar-refractivity contribution in [1.82, 2.24) is 25.3 Å². The largest absolute Gasteiger partial charge is 0.445 e. The number of halogens is 2. The molecule has 2 aromatic heterocycles. The van der Waals surface area contributed by atoms with E-state index in [1.807, 2.05) is 4.90 Å². The van der Waals surface area contributed by atoms with Crippen molar-refractivity contribution in [3.8, 4) is 0 Å². The summed E-state index contributed by atoms with van der Waals surface area (Å²) in [5.74, 6) is -0.307. The number of ether oxygens (including phenoxy) is 1. The molecule has 1 fully saturated rings. The van der Waals surface area contributed by atoms with Crippen molar-refractivity contribution in [3.63, 3.8) is 0 Å². The summed E-state index contributed by atoms with van der Waals surface area (Å²) in [6.07, 6.45) is -0.399. The van der Waals surface area contributed by atoms with Gasteiger partial charge in [0, 0.05) is 47.3 Å². The fraction of sp³-hybridized carbons (Fsp3) is 0.227. The molecule has 180 valence electrons. The minimum Gasteiger partial charge on any atom is -0.445 e. The molecule has 0 bridgehead atoms. The Morgan fingerprint density at radius 3 is 2.54 bits per heavy atom. The molecule has 35 heavy (non-hydrogen) atoms. The van der Waals surface area contributed by atoms with Crippen LogP contribution in [-0.4, -0.2) is 63.5 Å². The highest BCUT2D eigenvalue weighted by Gasteiger charge is 2.24. The second-order valence-electron chi connectivity index (χ2n) is 7.80. The molecular weight excluding hydrogens is 513 g/mol. The SMILES string of the molecule is O=C(Nc1ccc2n[nH]nc2c1)c1csc(N2CCN(C(=O)OCc3cc(Cl)cc(Cl)c3)CC2)n1. The van der Waals surface area contributed by atoms with Gasteiger partial charge in [0.1, 0.15) is 23.3 Å². The Morgan fingerprint density at radius 1 is 1.03 bits per heavy atom. The smallest absolute Gasteiger partial charge is 0.410 e. The van der Waals surface area contributed by atoms with Crippen LogP contribution in [0.5, 0.6) is 0 Å². The number of thiazole rings is 1. The normalized spacial score (nSPS) is 13.8. The zero-order valence-corrected chi connectivity index (χ0v) is 20.5. The molecule has 0 aliphatic carbocycles. The fourth-order valence-corrected chi connectivity index (χ4v) is 5.07. The Morgan fingerprint density at radius 2 is 1.77 bits per heavy atom. The van der Waals surface area contributed by atoms with Gasteiger partial charge in [0.2, 0.25) is 0 Å². The van der Waals surface area contributed by atoms with Crippen LogP contribution in [0.4, 0.5) is 15.6 Å². The monoisotopic (exact) mass is 531 g/mol. The van der Waals surface area contributed by atoms with E-state index in [2.05, 4.69) is 25.7 Å². The predicted molar refractivity (Wildman–Crippen MR) is 134 cm³/mol. The van der Waals surface area contributed by atoms with Crippen LogP contribution in [-0.2, 0) is 11.3 Å². The molecule has 0 radical (unpaired) electrons. The van der Waals surface area contributed by atoms with E-state index >= 15 is 0 Å². The van der Waals surface area contributed by atoms with Gasteiger partial charge in [0.15, 0.2) is 5.13 Å². The zero-order chi connectivity index (χ0) is 24.4. The molecule has 1 aliphatic rings. The highest BCUT2D eigenvalue weighted by molar-refractivity contribution is 7.14. The number of rotatable bonds is 5. The van der Waals surface area contributed by atoms with Gasteiger partial charge in [-0.05, 0) is 42.0 Å². The molecule has 4 aromatic rings. The summed E-state index contributed by atoms with van der Waals surface area (Å²) in [5.41, 5.74) is 3.04. The van der Waals surface area contributed by atoms with E-state index in [0.717, 1.165) is 16.2 Å². The topological polar surface area (TPSA) is 116 Å². The van der Waals surface area contributed by atoms with Crippen LogP contribution in [0.3, 0.4) is 0 Å². The summed E-state index contributed by atoms with van der Waals surface area (Å²) >= 11 is 13.4. The quantitative estimate of drug-likeness (QED) is 0.391. The standard InChI is InChI=1S/C22H19Cl2N7O3S/c23-14-7-13(8-15(24)9-14)11-34-22(33)31-5-3-30(4-6-31)21-26-19(12-35-21)20(32)25-16-1-2-17-18(10-16)28-29-27-17/h1-2,7-10,12H,3-6,11H2,(H,25,32)(H,27,28,29). The third-order valence-electron chi connectivity index (χ3n) is 5.39. The van der Waals surface area contributed by atoms with Crippen LogP contribution >= 0.6 is 34.5 Å². The summed E-state index contributed by atoms with van der Waals surface area (Å²) in [4.78, 5) is 33.3. The number of H-pyrrole nitrogens is 1. The van der Waals surface area contributed by atoms with Crippen molar-refractivity contribution in [2.75, 3.05) is 36.4 Å². The van der Waals surface area contributed by atoms with Crippen LogP contribution < -0.4 is 10.2 Å². The first-order chi connectivity index (χ1) is 16.9. The number of nitrogens with zero attached hydrogens (tertiary/aromatic N) is 5. The van der Waals surface area contributed by atoms with Crippen molar-refractivity contribution in [1.29, 1.82) is 0 Å². The zero-order valence-electron chi connectivity index (χ0n) is 18.2. The van der Waals surface area contributed by atoms with Gasteiger partial charge in [-0.15, -0.1) is 11.3 Å². The highest BCUT2D eigenvalue weighted by atomic mass is 35.5. The Balaban J connectivity index is 1.13. The van der Waals surface area contributed by atoms with Gasteiger partial charge in [-0.1, -0.05) is 23.2 Å². The number of carbonyl (C=O) groups is 2. The second kappa shape index (κ2) is 10.1. The van der Waals surface area contributed by atoms with Crippen molar-refractivity contribution >= 4 is 68.4 Å². The lowest BCUT2D eigenvalue weighted by Crippen LogP contribution is -2.49. The van der Waals surface area contributed by atoms with Gasteiger partial charge in [-0.3, -0.25) is 4.79 Å². The average molecular weight is 532 g/mol. The van der Waals surface area contributed by atoms with Crippen LogP contribution in [0.1, 0.15) is 16.1 Å². The Hall–Kier alpha value is -3.41. The minimum atomic E-state index is -0.399. The first kappa shape index (κ1) is 23.3. The molecule has 1 aliphatic heterocycles. The van der Waals surface area contributed by atoms with Crippen molar-refractivity contribution < 1.29 is 14.3 Å². The summed E-state index contributed by atoms with van der Waals surface area (Å²) in [5, 5.41) is 16.8. The Bertz CT molecular complexity index is 1360. The van der Waals surface area contributed by atoms with Gasteiger partial charge < -0.3 is 19.9 Å². The molecule has 0 atom stereocenters. The fourth-order valence-electron chi connectivity index (χ4n) is 3.64. The molecule has 13 heteroatoms. The van der Waals surface area contributed by atoms with E-state index in [1.165, 1.54) is 11.3 Å². The van der Waals surface area contributed by atoms with E-state index in [-0.39, 0.29) is 12.5 Å². The van der Waals surface area contributed by atoms with Crippen molar-refractivity contribution in [2.45, 2.75) is 6.61 Å². The maximum atomic E-state index is 12.6. The molecule has 2 aromatic carbocycles. The number of nitrogens with one attached hydrogen (secondary N) is 2. The van der Waals surface area contributed by atoms with Gasteiger partial charge in [0.25, 0.3) is 5.91 Å². The van der Waals surface area contributed by atoms with Gasteiger partial charge in [0.05, 0.1) is 0 Å². The average Bonchev–Trinajstić information content (AvgIpc) is 3.52. The van der Waals surface area contributed by atoms with Gasteiger partial charge >= 0.3 is 6.09 Å². The number of hydrogen-bond acceptors (Lipinski definition) is 8. The van der Waals surface area contributed by atoms with Crippen LogP contribution in [0, 0.1) is 0 Å². The van der Waals surface area contributed by atoms with Crippen LogP contribution in [0.25, 0.3) is 11.0 Å². The number of amides is 2. The number of hydrogen-bond donors (Lipinski definition) is 2. The first-order valence-electron chi connectivity index (χ1n) is 10.6. The van der Waals surface area contributed by atoms with Crippen molar-refractivity contribution in [3.05, 3.63) is 63.1 Å². The van der Waals surface area contributed by atoms with Crippen LogP contribution in [0.2, 0.25) is 10.0 Å². The summed E-state index contributed by atoms with van der Waals surface area (Å²) in [7, 11) is 0. The molecule has 2 amide bonds. The molecule has 0 spiro atoms. The third kappa shape index (κ3) is 5.47. The lowest BCUT2D eigenvalue weighted by atomic mass is 10.2. The Kier molecular flexibility index (Phi) is 6.71.